The SMILES string of the molecule is Cc1ccc(NC(=O)c2c(C)nc3c(Cl)cc(C(F)(F)F)cn23)nc1. The zero-order valence-corrected chi connectivity index (χ0v) is 13.9. The van der Waals surface area contributed by atoms with E-state index in [0.29, 0.717) is 0 Å². The Morgan fingerprint density at radius 2 is 2.00 bits per heavy atom. The molecule has 9 heteroatoms. The molecule has 0 aliphatic carbocycles. The third kappa shape index (κ3) is 3.30. The molecule has 0 aliphatic heterocycles. The number of anilines is 1. The molecule has 0 aromatic carbocycles. The molecule has 3 aromatic heterocycles. The number of carbonyl (C=O) groups is 1. The third-order valence-corrected chi connectivity index (χ3v) is 3.82. The Balaban J connectivity index is 2.08. The standard InChI is InChI=1S/C16H12ClF3N4O/c1-8-3-4-12(21-6-8)23-15(25)13-9(2)22-14-11(17)5-10(7-24(13)14)16(18,19)20/h3-7H,1-2H3,(H,21,23,25). The average molecular weight is 369 g/mol. The summed E-state index contributed by atoms with van der Waals surface area (Å²) in [5.74, 6) is -0.347. The number of fused-ring (bicyclic) bond motifs is 1. The molecule has 0 fully saturated rings. The number of amides is 1. The van der Waals surface area contributed by atoms with Crippen molar-refractivity contribution in [2.45, 2.75) is 20.0 Å². The number of carbonyl (C=O) groups excluding carboxylic acids is 1. The number of rotatable bonds is 2. The highest BCUT2D eigenvalue weighted by atomic mass is 35.5. The first-order chi connectivity index (χ1) is 11.7. The van der Waals surface area contributed by atoms with Crippen LogP contribution in [-0.4, -0.2) is 20.3 Å². The van der Waals surface area contributed by atoms with Crippen LogP contribution in [0, 0.1) is 13.8 Å². The van der Waals surface area contributed by atoms with Crippen LogP contribution in [0.4, 0.5) is 19.0 Å². The largest absolute Gasteiger partial charge is 0.417 e. The number of hydrogen-bond donors (Lipinski definition) is 1. The van der Waals surface area contributed by atoms with E-state index in [1.807, 2.05) is 6.92 Å². The summed E-state index contributed by atoms with van der Waals surface area (Å²) in [7, 11) is 0. The maximum Gasteiger partial charge on any atom is 0.417 e. The Kier molecular flexibility index (Phi) is 4.16. The normalized spacial score (nSPS) is 11.8. The van der Waals surface area contributed by atoms with Gasteiger partial charge in [0, 0.05) is 12.4 Å². The summed E-state index contributed by atoms with van der Waals surface area (Å²) < 4.78 is 40.1. The van der Waals surface area contributed by atoms with Crippen LogP contribution in [0.1, 0.15) is 27.3 Å². The van der Waals surface area contributed by atoms with Crippen LogP contribution < -0.4 is 5.32 Å². The number of imidazole rings is 1. The first kappa shape index (κ1) is 17.2. The summed E-state index contributed by atoms with van der Waals surface area (Å²) in [5.41, 5.74) is 0.237. The summed E-state index contributed by atoms with van der Waals surface area (Å²) in [6.07, 6.45) is -2.23. The Morgan fingerprint density at radius 3 is 2.60 bits per heavy atom. The molecule has 0 spiro atoms. The second-order valence-electron chi connectivity index (χ2n) is 5.49. The highest BCUT2D eigenvalue weighted by Crippen LogP contribution is 2.33. The molecule has 0 unspecified atom stereocenters. The predicted molar refractivity (Wildman–Crippen MR) is 86.9 cm³/mol. The predicted octanol–water partition coefficient (Wildman–Crippen LogP) is 4.27. The van der Waals surface area contributed by atoms with Gasteiger partial charge in [-0.3, -0.25) is 9.20 Å². The van der Waals surface area contributed by atoms with Crippen molar-refractivity contribution in [1.82, 2.24) is 14.4 Å². The van der Waals surface area contributed by atoms with Gasteiger partial charge in [-0.25, -0.2) is 9.97 Å². The molecule has 0 saturated heterocycles. The van der Waals surface area contributed by atoms with Gasteiger partial charge in [-0.1, -0.05) is 17.7 Å². The van der Waals surface area contributed by atoms with E-state index in [-0.39, 0.29) is 27.9 Å². The van der Waals surface area contributed by atoms with E-state index in [2.05, 4.69) is 15.3 Å². The van der Waals surface area contributed by atoms with E-state index in [4.69, 9.17) is 11.6 Å². The van der Waals surface area contributed by atoms with E-state index in [1.165, 1.54) is 6.92 Å². The fourth-order valence-electron chi connectivity index (χ4n) is 2.36. The lowest BCUT2D eigenvalue weighted by molar-refractivity contribution is -0.137. The monoisotopic (exact) mass is 368 g/mol. The van der Waals surface area contributed by atoms with Crippen LogP contribution >= 0.6 is 11.6 Å². The highest BCUT2D eigenvalue weighted by Gasteiger charge is 2.33. The number of alkyl halides is 3. The second-order valence-corrected chi connectivity index (χ2v) is 5.90. The number of nitrogens with zero attached hydrogens (tertiary/aromatic N) is 3. The second kappa shape index (κ2) is 6.03. The Hall–Kier alpha value is -2.61. The molecule has 0 bridgehead atoms. The molecule has 1 amide bonds. The first-order valence-corrected chi connectivity index (χ1v) is 7.54. The smallest absolute Gasteiger partial charge is 0.305 e. The van der Waals surface area contributed by atoms with Crippen molar-refractivity contribution >= 4 is 29.0 Å². The molecule has 3 rings (SSSR count). The lowest BCUT2D eigenvalue weighted by Crippen LogP contribution is -2.17. The van der Waals surface area contributed by atoms with Gasteiger partial charge in [0.15, 0.2) is 5.65 Å². The lowest BCUT2D eigenvalue weighted by Gasteiger charge is -2.10. The molecule has 0 atom stereocenters. The molecule has 0 saturated carbocycles. The third-order valence-electron chi connectivity index (χ3n) is 3.54. The van der Waals surface area contributed by atoms with Crippen LogP contribution in [-0.2, 0) is 6.18 Å². The van der Waals surface area contributed by atoms with Crippen molar-refractivity contribution < 1.29 is 18.0 Å². The maximum absolute atomic E-state index is 13.0. The molecule has 1 N–H and O–H groups in total. The molecule has 0 aliphatic rings. The van der Waals surface area contributed by atoms with E-state index in [9.17, 15) is 18.0 Å². The maximum atomic E-state index is 13.0. The van der Waals surface area contributed by atoms with Crippen LogP contribution in [0.2, 0.25) is 5.02 Å². The minimum absolute atomic E-state index is 0.0367. The number of nitrogens with one attached hydrogen (secondary N) is 1. The average Bonchev–Trinajstić information content (AvgIpc) is 2.85. The number of hydrogen-bond acceptors (Lipinski definition) is 3. The van der Waals surface area contributed by atoms with Gasteiger partial charge in [-0.05, 0) is 31.5 Å². The van der Waals surface area contributed by atoms with Crippen LogP contribution in [0.5, 0.6) is 0 Å². The zero-order valence-electron chi connectivity index (χ0n) is 13.1. The lowest BCUT2D eigenvalue weighted by atomic mass is 10.2. The fourth-order valence-corrected chi connectivity index (χ4v) is 2.61. The molecule has 3 aromatic rings. The van der Waals surface area contributed by atoms with E-state index < -0.39 is 17.6 Å². The molecule has 3 heterocycles. The van der Waals surface area contributed by atoms with Crippen molar-refractivity contribution in [2.75, 3.05) is 5.32 Å². The molecule has 130 valence electrons. The van der Waals surface area contributed by atoms with Crippen LogP contribution in [0.15, 0.2) is 30.6 Å². The van der Waals surface area contributed by atoms with Gasteiger partial charge < -0.3 is 5.32 Å². The van der Waals surface area contributed by atoms with Gasteiger partial charge in [-0.15, -0.1) is 0 Å². The van der Waals surface area contributed by atoms with Gasteiger partial charge in [0.1, 0.15) is 11.5 Å². The number of aromatic nitrogens is 3. The molecule has 0 radical (unpaired) electrons. The summed E-state index contributed by atoms with van der Waals surface area (Å²) in [6, 6.07) is 4.13. The Labute approximate surface area is 145 Å². The summed E-state index contributed by atoms with van der Waals surface area (Å²) in [6.45, 7) is 3.36. The highest BCUT2D eigenvalue weighted by molar-refractivity contribution is 6.33. The van der Waals surface area contributed by atoms with Gasteiger partial charge >= 0.3 is 6.18 Å². The number of halogens is 4. The quantitative estimate of drug-likeness (QED) is 0.734. The summed E-state index contributed by atoms with van der Waals surface area (Å²) in [5, 5.41) is 2.36. The van der Waals surface area contributed by atoms with Crippen molar-refractivity contribution in [3.8, 4) is 0 Å². The van der Waals surface area contributed by atoms with E-state index >= 15 is 0 Å². The Bertz CT molecular complexity index is 964. The van der Waals surface area contributed by atoms with Crippen molar-refractivity contribution in [1.29, 1.82) is 0 Å². The van der Waals surface area contributed by atoms with Crippen LogP contribution in [0.25, 0.3) is 5.65 Å². The summed E-state index contributed by atoms with van der Waals surface area (Å²) >= 11 is 5.91. The van der Waals surface area contributed by atoms with Crippen LogP contribution in [0.3, 0.4) is 0 Å². The minimum Gasteiger partial charge on any atom is -0.305 e. The zero-order chi connectivity index (χ0) is 18.4. The topological polar surface area (TPSA) is 59.3 Å². The van der Waals surface area contributed by atoms with Gasteiger partial charge in [0.05, 0.1) is 16.3 Å². The number of aryl methyl sites for hydroxylation is 2. The van der Waals surface area contributed by atoms with Gasteiger partial charge in [-0.2, -0.15) is 13.2 Å². The molecule has 25 heavy (non-hydrogen) atoms. The van der Waals surface area contributed by atoms with E-state index in [0.717, 1.165) is 22.2 Å². The molecular formula is C16H12ClF3N4O. The Morgan fingerprint density at radius 1 is 1.28 bits per heavy atom. The number of pyridine rings is 2. The van der Waals surface area contributed by atoms with E-state index in [1.54, 1.807) is 18.3 Å². The van der Waals surface area contributed by atoms with Crippen molar-refractivity contribution in [3.05, 3.63) is 58.1 Å². The van der Waals surface area contributed by atoms with Crippen molar-refractivity contribution in [3.63, 3.8) is 0 Å². The summed E-state index contributed by atoms with van der Waals surface area (Å²) in [4.78, 5) is 20.7. The molecule has 5 nitrogen and oxygen atoms in total. The fraction of sp³-hybridized carbons (Fsp3) is 0.188. The molecular weight excluding hydrogens is 357 g/mol. The minimum atomic E-state index is -4.59. The van der Waals surface area contributed by atoms with Gasteiger partial charge in [0.25, 0.3) is 5.91 Å². The first-order valence-electron chi connectivity index (χ1n) is 7.16. The van der Waals surface area contributed by atoms with Crippen molar-refractivity contribution in [2.24, 2.45) is 0 Å². The van der Waals surface area contributed by atoms with Gasteiger partial charge in [0.2, 0.25) is 0 Å².